The van der Waals surface area contributed by atoms with Crippen LogP contribution in [0.3, 0.4) is 0 Å². The SMILES string of the molecule is CCCCN1Cc2cc(N(C)c3c(-c4ccccc4)cc(C)nc3C)ccc2C1=O. The third-order valence-electron chi connectivity index (χ3n) is 5.85. The van der Waals surface area contributed by atoms with Gasteiger partial charge in [0, 0.05) is 42.6 Å². The van der Waals surface area contributed by atoms with Crippen molar-refractivity contribution in [2.75, 3.05) is 18.5 Å². The topological polar surface area (TPSA) is 36.4 Å². The van der Waals surface area contributed by atoms with Gasteiger partial charge in [0.25, 0.3) is 5.91 Å². The van der Waals surface area contributed by atoms with E-state index in [4.69, 9.17) is 4.98 Å². The molecule has 0 aliphatic carbocycles. The van der Waals surface area contributed by atoms with Crippen LogP contribution >= 0.6 is 0 Å². The highest BCUT2D eigenvalue weighted by atomic mass is 16.2. The van der Waals surface area contributed by atoms with Crippen LogP contribution in [0.15, 0.2) is 54.6 Å². The van der Waals surface area contributed by atoms with Crippen molar-refractivity contribution < 1.29 is 4.79 Å². The molecule has 0 N–H and O–H groups in total. The fourth-order valence-corrected chi connectivity index (χ4v) is 4.32. The van der Waals surface area contributed by atoms with Gasteiger partial charge in [-0.1, -0.05) is 43.7 Å². The zero-order chi connectivity index (χ0) is 21.3. The highest BCUT2D eigenvalue weighted by molar-refractivity contribution is 5.99. The Labute approximate surface area is 179 Å². The summed E-state index contributed by atoms with van der Waals surface area (Å²) in [5, 5.41) is 0. The summed E-state index contributed by atoms with van der Waals surface area (Å²) in [6, 6.07) is 18.8. The Hall–Kier alpha value is -3.14. The Morgan fingerprint density at radius 3 is 2.53 bits per heavy atom. The number of aryl methyl sites for hydroxylation is 2. The molecule has 0 bridgehead atoms. The summed E-state index contributed by atoms with van der Waals surface area (Å²) in [5.74, 6) is 0.158. The van der Waals surface area contributed by atoms with Crippen molar-refractivity contribution in [3.63, 3.8) is 0 Å². The van der Waals surface area contributed by atoms with Crippen LogP contribution in [0.1, 0.15) is 47.1 Å². The number of unbranched alkanes of at least 4 members (excludes halogenated alkanes) is 1. The van der Waals surface area contributed by atoms with E-state index in [2.05, 4.69) is 62.2 Å². The minimum Gasteiger partial charge on any atom is -0.343 e. The molecule has 2 heterocycles. The minimum atomic E-state index is 0.158. The summed E-state index contributed by atoms with van der Waals surface area (Å²) in [4.78, 5) is 21.6. The Morgan fingerprint density at radius 1 is 1.03 bits per heavy atom. The molecule has 4 heteroatoms. The highest BCUT2D eigenvalue weighted by Gasteiger charge is 2.27. The maximum atomic E-state index is 12.7. The largest absolute Gasteiger partial charge is 0.343 e. The van der Waals surface area contributed by atoms with Gasteiger partial charge in [-0.25, -0.2) is 0 Å². The van der Waals surface area contributed by atoms with Crippen LogP contribution in [-0.2, 0) is 6.54 Å². The summed E-state index contributed by atoms with van der Waals surface area (Å²) >= 11 is 0. The van der Waals surface area contributed by atoms with E-state index in [0.29, 0.717) is 6.54 Å². The van der Waals surface area contributed by atoms with Gasteiger partial charge in [-0.15, -0.1) is 0 Å². The normalized spacial score (nSPS) is 12.9. The number of carbonyl (C=O) groups excluding carboxylic acids is 1. The van der Waals surface area contributed by atoms with Gasteiger partial charge in [0.2, 0.25) is 0 Å². The van der Waals surface area contributed by atoms with Crippen molar-refractivity contribution in [3.05, 3.63) is 77.1 Å². The lowest BCUT2D eigenvalue weighted by Crippen LogP contribution is -2.24. The molecule has 0 saturated carbocycles. The van der Waals surface area contributed by atoms with Gasteiger partial charge in [-0.05, 0) is 55.7 Å². The van der Waals surface area contributed by atoms with E-state index in [1.165, 1.54) is 11.1 Å². The summed E-state index contributed by atoms with van der Waals surface area (Å²) in [7, 11) is 2.08. The van der Waals surface area contributed by atoms with E-state index >= 15 is 0 Å². The Bertz CT molecular complexity index is 1080. The van der Waals surface area contributed by atoms with Crippen LogP contribution < -0.4 is 4.90 Å². The standard InChI is InChI=1S/C26H29N3O/c1-5-6-14-29-17-21-16-22(12-13-23(21)26(29)30)28(4)25-19(3)27-18(2)15-24(25)20-10-8-7-9-11-20/h7-13,15-16H,5-6,14,17H2,1-4H3. The van der Waals surface area contributed by atoms with E-state index in [9.17, 15) is 4.79 Å². The number of nitrogens with zero attached hydrogens (tertiary/aromatic N) is 3. The number of hydrogen-bond acceptors (Lipinski definition) is 3. The van der Waals surface area contributed by atoms with Gasteiger partial charge in [0.15, 0.2) is 0 Å². The average Bonchev–Trinajstić information content (AvgIpc) is 3.06. The van der Waals surface area contributed by atoms with Crippen LogP contribution in [0.5, 0.6) is 0 Å². The second kappa shape index (κ2) is 8.31. The summed E-state index contributed by atoms with van der Waals surface area (Å²) in [5.41, 5.74) is 8.47. The number of amides is 1. The first kappa shape index (κ1) is 20.1. The van der Waals surface area contributed by atoms with Crippen LogP contribution in [0.25, 0.3) is 11.1 Å². The molecule has 0 saturated heterocycles. The summed E-state index contributed by atoms with van der Waals surface area (Å²) < 4.78 is 0. The second-order valence-corrected chi connectivity index (χ2v) is 8.09. The average molecular weight is 400 g/mol. The summed E-state index contributed by atoms with van der Waals surface area (Å²) in [6.07, 6.45) is 2.14. The van der Waals surface area contributed by atoms with Crippen molar-refractivity contribution in [1.82, 2.24) is 9.88 Å². The van der Waals surface area contributed by atoms with Gasteiger partial charge < -0.3 is 9.80 Å². The minimum absolute atomic E-state index is 0.158. The number of hydrogen-bond donors (Lipinski definition) is 0. The Balaban J connectivity index is 1.72. The molecule has 2 aromatic carbocycles. The lowest BCUT2D eigenvalue weighted by molar-refractivity contribution is 0.0776. The van der Waals surface area contributed by atoms with Gasteiger partial charge in [0.05, 0.1) is 11.4 Å². The van der Waals surface area contributed by atoms with Crippen LogP contribution in [0.2, 0.25) is 0 Å². The number of benzene rings is 2. The predicted octanol–water partition coefficient (Wildman–Crippen LogP) is 5.89. The Kier molecular flexibility index (Phi) is 5.58. The molecule has 1 aliphatic rings. The zero-order valence-corrected chi connectivity index (χ0v) is 18.3. The molecule has 0 atom stereocenters. The lowest BCUT2D eigenvalue weighted by Gasteiger charge is -2.25. The number of pyridine rings is 1. The fraction of sp³-hybridized carbons (Fsp3) is 0.308. The van der Waals surface area contributed by atoms with Gasteiger partial charge in [-0.2, -0.15) is 0 Å². The number of anilines is 2. The van der Waals surface area contributed by atoms with Crippen LogP contribution in [0.4, 0.5) is 11.4 Å². The van der Waals surface area contributed by atoms with E-state index in [1.807, 2.05) is 30.0 Å². The highest BCUT2D eigenvalue weighted by Crippen LogP contribution is 2.38. The number of rotatable bonds is 6. The fourth-order valence-electron chi connectivity index (χ4n) is 4.32. The molecular weight excluding hydrogens is 370 g/mol. The van der Waals surface area contributed by atoms with Gasteiger partial charge >= 0.3 is 0 Å². The van der Waals surface area contributed by atoms with Crippen molar-refractivity contribution >= 4 is 17.3 Å². The second-order valence-electron chi connectivity index (χ2n) is 8.09. The van der Waals surface area contributed by atoms with Crippen molar-refractivity contribution in [2.24, 2.45) is 0 Å². The van der Waals surface area contributed by atoms with E-state index in [-0.39, 0.29) is 5.91 Å². The monoisotopic (exact) mass is 399 g/mol. The van der Waals surface area contributed by atoms with E-state index < -0.39 is 0 Å². The number of aromatic nitrogens is 1. The van der Waals surface area contributed by atoms with Crippen molar-refractivity contribution in [1.29, 1.82) is 0 Å². The van der Waals surface area contributed by atoms with E-state index in [0.717, 1.165) is 53.3 Å². The third kappa shape index (κ3) is 3.70. The molecule has 154 valence electrons. The first-order chi connectivity index (χ1) is 14.5. The Morgan fingerprint density at radius 2 is 1.80 bits per heavy atom. The first-order valence-corrected chi connectivity index (χ1v) is 10.7. The molecule has 0 unspecified atom stereocenters. The molecule has 1 aliphatic heterocycles. The molecule has 0 fully saturated rings. The predicted molar refractivity (Wildman–Crippen MR) is 123 cm³/mol. The smallest absolute Gasteiger partial charge is 0.254 e. The van der Waals surface area contributed by atoms with Crippen molar-refractivity contribution in [2.45, 2.75) is 40.2 Å². The molecular formula is C26H29N3O. The molecule has 4 rings (SSSR count). The van der Waals surface area contributed by atoms with Gasteiger partial charge in [0.1, 0.15) is 0 Å². The molecule has 0 spiro atoms. The number of fused-ring (bicyclic) bond motifs is 1. The van der Waals surface area contributed by atoms with Crippen molar-refractivity contribution in [3.8, 4) is 11.1 Å². The van der Waals surface area contributed by atoms with Crippen LogP contribution in [-0.4, -0.2) is 29.4 Å². The van der Waals surface area contributed by atoms with Crippen LogP contribution in [0, 0.1) is 13.8 Å². The zero-order valence-electron chi connectivity index (χ0n) is 18.3. The maximum Gasteiger partial charge on any atom is 0.254 e. The quantitative estimate of drug-likeness (QED) is 0.519. The molecule has 4 nitrogen and oxygen atoms in total. The molecule has 0 radical (unpaired) electrons. The molecule has 3 aromatic rings. The molecule has 30 heavy (non-hydrogen) atoms. The van der Waals surface area contributed by atoms with E-state index in [1.54, 1.807) is 0 Å². The lowest BCUT2D eigenvalue weighted by atomic mass is 10.0. The number of carbonyl (C=O) groups is 1. The first-order valence-electron chi connectivity index (χ1n) is 10.7. The molecule has 1 amide bonds. The maximum absolute atomic E-state index is 12.7. The summed E-state index contributed by atoms with van der Waals surface area (Å²) in [6.45, 7) is 7.79. The third-order valence-corrected chi connectivity index (χ3v) is 5.85. The van der Waals surface area contributed by atoms with Gasteiger partial charge in [-0.3, -0.25) is 9.78 Å². The molecule has 1 aromatic heterocycles.